The van der Waals surface area contributed by atoms with Crippen LogP contribution in [0.1, 0.15) is 16.7 Å². The van der Waals surface area contributed by atoms with Crippen molar-refractivity contribution in [2.24, 2.45) is 0 Å². The molecule has 1 atom stereocenters. The molecular formula is C27H26Cl2F3N3O4S. The Morgan fingerprint density at radius 1 is 0.925 bits per heavy atom. The van der Waals surface area contributed by atoms with Crippen LogP contribution < -0.4 is 9.62 Å². The lowest BCUT2D eigenvalue weighted by atomic mass is 10.0. The first kappa shape index (κ1) is 31.3. The van der Waals surface area contributed by atoms with Crippen molar-refractivity contribution in [1.29, 1.82) is 0 Å². The number of amides is 2. The third kappa shape index (κ3) is 8.12. The molecule has 0 heterocycles. The second-order valence-corrected chi connectivity index (χ2v) is 11.6. The number of hydrogen-bond acceptors (Lipinski definition) is 4. The van der Waals surface area contributed by atoms with Crippen molar-refractivity contribution in [3.63, 3.8) is 0 Å². The van der Waals surface area contributed by atoms with Crippen molar-refractivity contribution >= 4 is 50.7 Å². The maximum absolute atomic E-state index is 13.8. The van der Waals surface area contributed by atoms with Gasteiger partial charge >= 0.3 is 6.18 Å². The number of anilines is 1. The van der Waals surface area contributed by atoms with Gasteiger partial charge in [0.05, 0.1) is 27.6 Å². The highest BCUT2D eigenvalue weighted by Crippen LogP contribution is 2.32. The number of benzene rings is 3. The zero-order chi connectivity index (χ0) is 29.7. The standard InChI is InChI=1S/C27H26Cl2F3N3O4S/c1-33-26(37)24(14-18-7-4-3-5-8-18)34(16-19-11-12-22(28)23(29)13-19)25(36)17-35(40(2,38)39)21-10-6-9-20(15-21)27(30,31)32/h3-13,15,24H,14,16-17H2,1-2H3,(H,33,37)/t24-/m0/s1. The molecule has 0 aliphatic rings. The number of sulfonamides is 1. The SMILES string of the molecule is CNC(=O)[C@H](Cc1ccccc1)N(Cc1ccc(Cl)c(Cl)c1)C(=O)CN(c1cccc(C(F)(F)F)c1)S(C)(=O)=O. The van der Waals surface area contributed by atoms with Crippen LogP contribution in [0.15, 0.2) is 72.8 Å². The number of nitrogens with zero attached hydrogens (tertiary/aromatic N) is 2. The number of alkyl halides is 3. The second kappa shape index (κ2) is 12.9. The first-order chi connectivity index (χ1) is 18.7. The first-order valence-electron chi connectivity index (χ1n) is 11.8. The predicted octanol–water partition coefficient (Wildman–Crippen LogP) is 5.16. The summed E-state index contributed by atoms with van der Waals surface area (Å²) >= 11 is 12.2. The van der Waals surface area contributed by atoms with E-state index in [0.717, 1.165) is 30.0 Å². The van der Waals surface area contributed by atoms with Crippen LogP contribution in [0, 0.1) is 0 Å². The van der Waals surface area contributed by atoms with Crippen LogP contribution in [0.4, 0.5) is 18.9 Å². The Balaban J connectivity index is 2.07. The Hall–Kier alpha value is -3.28. The Morgan fingerprint density at radius 3 is 2.17 bits per heavy atom. The van der Waals surface area contributed by atoms with Crippen molar-refractivity contribution in [2.75, 3.05) is 24.2 Å². The van der Waals surface area contributed by atoms with Gasteiger partial charge in [-0.3, -0.25) is 13.9 Å². The second-order valence-electron chi connectivity index (χ2n) is 8.91. The lowest BCUT2D eigenvalue weighted by Gasteiger charge is -2.33. The molecule has 0 fully saturated rings. The zero-order valence-corrected chi connectivity index (χ0v) is 23.8. The van der Waals surface area contributed by atoms with Crippen LogP contribution >= 0.6 is 23.2 Å². The van der Waals surface area contributed by atoms with Crippen LogP contribution in [0.2, 0.25) is 10.0 Å². The maximum Gasteiger partial charge on any atom is 0.416 e. The largest absolute Gasteiger partial charge is 0.416 e. The number of carbonyl (C=O) groups excluding carboxylic acids is 2. The fourth-order valence-electron chi connectivity index (χ4n) is 4.01. The molecule has 40 heavy (non-hydrogen) atoms. The van der Waals surface area contributed by atoms with Gasteiger partial charge < -0.3 is 10.2 Å². The molecule has 0 spiro atoms. The summed E-state index contributed by atoms with van der Waals surface area (Å²) in [5.41, 5.74) is -0.207. The molecule has 3 aromatic rings. The Kier molecular flexibility index (Phi) is 10.1. The summed E-state index contributed by atoms with van der Waals surface area (Å²) in [5, 5.41) is 3.00. The van der Waals surface area contributed by atoms with E-state index in [2.05, 4.69) is 5.32 Å². The molecule has 0 saturated heterocycles. The van der Waals surface area contributed by atoms with Gasteiger partial charge in [-0.1, -0.05) is 65.7 Å². The van der Waals surface area contributed by atoms with Gasteiger partial charge in [0, 0.05) is 20.0 Å². The molecule has 0 bridgehead atoms. The summed E-state index contributed by atoms with van der Waals surface area (Å²) in [7, 11) is -2.83. The number of halogens is 5. The summed E-state index contributed by atoms with van der Waals surface area (Å²) < 4.78 is 66.1. The van der Waals surface area contributed by atoms with Gasteiger partial charge in [-0.15, -0.1) is 0 Å². The monoisotopic (exact) mass is 615 g/mol. The molecule has 3 rings (SSSR count). The number of hydrogen-bond donors (Lipinski definition) is 1. The van der Waals surface area contributed by atoms with Gasteiger partial charge in [0.2, 0.25) is 21.8 Å². The van der Waals surface area contributed by atoms with Gasteiger partial charge in [-0.2, -0.15) is 13.2 Å². The van der Waals surface area contributed by atoms with E-state index < -0.39 is 46.2 Å². The third-order valence-corrected chi connectivity index (χ3v) is 7.87. The first-order valence-corrected chi connectivity index (χ1v) is 14.4. The van der Waals surface area contributed by atoms with E-state index >= 15 is 0 Å². The fourth-order valence-corrected chi connectivity index (χ4v) is 5.17. The highest BCUT2D eigenvalue weighted by atomic mass is 35.5. The molecule has 0 aliphatic heterocycles. The van der Waals surface area contributed by atoms with Gasteiger partial charge in [-0.05, 0) is 41.5 Å². The van der Waals surface area contributed by atoms with Gasteiger partial charge in [0.15, 0.2) is 0 Å². The number of carbonyl (C=O) groups is 2. The molecule has 2 amide bonds. The molecule has 0 saturated carbocycles. The molecule has 0 aromatic heterocycles. The molecular weight excluding hydrogens is 590 g/mol. The van der Waals surface area contributed by atoms with Gasteiger partial charge in [0.25, 0.3) is 0 Å². The Bertz CT molecular complexity index is 1470. The van der Waals surface area contributed by atoms with Gasteiger partial charge in [0.1, 0.15) is 12.6 Å². The quantitative estimate of drug-likeness (QED) is 0.341. The Morgan fingerprint density at radius 2 is 1.60 bits per heavy atom. The minimum atomic E-state index is -4.73. The highest BCUT2D eigenvalue weighted by molar-refractivity contribution is 7.92. The van der Waals surface area contributed by atoms with E-state index in [4.69, 9.17) is 23.2 Å². The minimum Gasteiger partial charge on any atom is -0.357 e. The third-order valence-electron chi connectivity index (χ3n) is 6.00. The number of likely N-dealkylation sites (N-methyl/N-ethyl adjacent to an activating group) is 1. The van der Waals surface area contributed by atoms with Crippen molar-refractivity contribution in [3.8, 4) is 0 Å². The molecule has 13 heteroatoms. The molecule has 1 N–H and O–H groups in total. The topological polar surface area (TPSA) is 86.8 Å². The van der Waals surface area contributed by atoms with Crippen LogP contribution in [-0.4, -0.2) is 51.0 Å². The number of nitrogens with one attached hydrogen (secondary N) is 1. The van der Waals surface area contributed by atoms with Crippen molar-refractivity contribution < 1.29 is 31.2 Å². The predicted molar refractivity (Wildman–Crippen MR) is 149 cm³/mol. The summed E-state index contributed by atoms with van der Waals surface area (Å²) in [5.74, 6) is -1.35. The van der Waals surface area contributed by atoms with Crippen molar-refractivity contribution in [2.45, 2.75) is 25.2 Å². The zero-order valence-electron chi connectivity index (χ0n) is 21.5. The average Bonchev–Trinajstić information content (AvgIpc) is 2.90. The fraction of sp³-hybridized carbons (Fsp3) is 0.259. The van der Waals surface area contributed by atoms with Crippen LogP contribution in [0.5, 0.6) is 0 Å². The van der Waals surface area contributed by atoms with Gasteiger partial charge in [-0.25, -0.2) is 8.42 Å². The molecule has 0 unspecified atom stereocenters. The maximum atomic E-state index is 13.8. The Labute approximate surface area is 240 Å². The van der Waals surface area contributed by atoms with E-state index in [-0.39, 0.29) is 28.7 Å². The van der Waals surface area contributed by atoms with Crippen molar-refractivity contribution in [3.05, 3.63) is 99.5 Å². The smallest absolute Gasteiger partial charge is 0.357 e. The van der Waals surface area contributed by atoms with E-state index in [1.54, 1.807) is 36.4 Å². The van der Waals surface area contributed by atoms with E-state index in [0.29, 0.717) is 15.9 Å². The summed E-state index contributed by atoms with van der Waals surface area (Å²) in [6, 6.07) is 16.0. The normalized spacial score (nSPS) is 12.5. The molecule has 214 valence electrons. The summed E-state index contributed by atoms with van der Waals surface area (Å²) in [4.78, 5) is 28.1. The minimum absolute atomic E-state index is 0.0794. The molecule has 0 aliphatic carbocycles. The summed E-state index contributed by atoms with van der Waals surface area (Å²) in [6.45, 7) is -1.02. The molecule has 3 aromatic carbocycles. The molecule has 0 radical (unpaired) electrons. The van der Waals surface area contributed by atoms with Crippen LogP contribution in [0.25, 0.3) is 0 Å². The van der Waals surface area contributed by atoms with Crippen molar-refractivity contribution in [1.82, 2.24) is 10.2 Å². The average molecular weight is 616 g/mol. The van der Waals surface area contributed by atoms with Crippen LogP contribution in [0.3, 0.4) is 0 Å². The lowest BCUT2D eigenvalue weighted by molar-refractivity contribution is -0.139. The lowest BCUT2D eigenvalue weighted by Crippen LogP contribution is -2.52. The molecule has 7 nitrogen and oxygen atoms in total. The van der Waals surface area contributed by atoms with E-state index in [9.17, 15) is 31.2 Å². The van der Waals surface area contributed by atoms with Crippen LogP contribution in [-0.2, 0) is 38.8 Å². The van der Waals surface area contributed by atoms with E-state index in [1.807, 2.05) is 0 Å². The highest BCUT2D eigenvalue weighted by Gasteiger charge is 2.34. The summed E-state index contributed by atoms with van der Waals surface area (Å²) in [6.07, 6.45) is -3.87. The van der Waals surface area contributed by atoms with E-state index in [1.165, 1.54) is 24.1 Å². The number of rotatable bonds is 10.